The summed E-state index contributed by atoms with van der Waals surface area (Å²) in [6.07, 6.45) is 2.05. The van der Waals surface area contributed by atoms with Crippen LogP contribution in [-0.2, 0) is 9.47 Å². The molecule has 0 aliphatic carbocycles. The SMILES string of the molecule is CCC1(COc2ccc(OC(=O)c3ccc(OCC4(CC)COC4)cc3)cc2)COC1. The summed E-state index contributed by atoms with van der Waals surface area (Å²) in [5.41, 5.74) is 0.722. The number of benzene rings is 2. The number of hydrogen-bond acceptors (Lipinski definition) is 6. The van der Waals surface area contributed by atoms with Crippen molar-refractivity contribution in [3.05, 3.63) is 54.1 Å². The van der Waals surface area contributed by atoms with E-state index in [0.29, 0.717) is 24.5 Å². The lowest BCUT2D eigenvalue weighted by Crippen LogP contribution is -2.46. The highest BCUT2D eigenvalue weighted by atomic mass is 16.5. The molecule has 0 spiro atoms. The van der Waals surface area contributed by atoms with Crippen molar-refractivity contribution in [1.29, 1.82) is 0 Å². The van der Waals surface area contributed by atoms with Crippen molar-refractivity contribution in [1.82, 2.24) is 0 Å². The molecule has 2 aromatic rings. The van der Waals surface area contributed by atoms with Gasteiger partial charge in [-0.05, 0) is 61.4 Å². The average Bonchev–Trinajstić information content (AvgIpc) is 2.74. The number of carbonyl (C=O) groups excluding carboxylic acids is 1. The Kier molecular flexibility index (Phi) is 6.49. The maximum absolute atomic E-state index is 12.4. The van der Waals surface area contributed by atoms with Crippen molar-refractivity contribution in [2.45, 2.75) is 26.7 Å². The largest absolute Gasteiger partial charge is 0.493 e. The topological polar surface area (TPSA) is 63.2 Å². The van der Waals surface area contributed by atoms with Gasteiger partial charge in [0.15, 0.2) is 0 Å². The first-order valence-electron chi connectivity index (χ1n) is 10.9. The molecule has 6 heteroatoms. The Morgan fingerprint density at radius 3 is 1.55 bits per heavy atom. The summed E-state index contributed by atoms with van der Waals surface area (Å²) < 4.78 is 27.9. The second-order valence-electron chi connectivity index (χ2n) is 8.66. The van der Waals surface area contributed by atoms with E-state index in [4.69, 9.17) is 23.7 Å². The van der Waals surface area contributed by atoms with E-state index >= 15 is 0 Å². The summed E-state index contributed by atoms with van der Waals surface area (Å²) in [7, 11) is 0. The third-order valence-electron chi connectivity index (χ3n) is 6.35. The summed E-state index contributed by atoms with van der Waals surface area (Å²) in [6, 6.07) is 14.1. The molecule has 2 aliphatic heterocycles. The molecule has 2 saturated heterocycles. The maximum atomic E-state index is 12.4. The highest BCUT2D eigenvalue weighted by Gasteiger charge is 2.38. The van der Waals surface area contributed by atoms with Gasteiger partial charge >= 0.3 is 5.97 Å². The molecule has 0 saturated carbocycles. The molecule has 2 heterocycles. The van der Waals surface area contributed by atoms with Gasteiger partial charge in [-0.3, -0.25) is 0 Å². The Bertz CT molecular complexity index is 855. The zero-order valence-corrected chi connectivity index (χ0v) is 18.2. The van der Waals surface area contributed by atoms with Gasteiger partial charge in [0.2, 0.25) is 0 Å². The van der Waals surface area contributed by atoms with Crippen LogP contribution in [0.5, 0.6) is 17.2 Å². The molecule has 0 N–H and O–H groups in total. The minimum absolute atomic E-state index is 0.121. The van der Waals surface area contributed by atoms with E-state index in [1.165, 1.54) is 0 Å². The van der Waals surface area contributed by atoms with Crippen molar-refractivity contribution in [2.24, 2.45) is 10.8 Å². The fourth-order valence-corrected chi connectivity index (χ4v) is 3.49. The molecule has 4 rings (SSSR count). The number of rotatable bonds is 10. The standard InChI is InChI=1S/C25H30O6/c1-3-24(13-27-14-24)17-29-20-7-5-19(6-8-20)23(26)31-22-11-9-21(10-12-22)30-18-25(4-2)15-28-16-25/h5-12H,3-4,13-18H2,1-2H3. The number of carbonyl (C=O) groups is 1. The normalized spacial score (nSPS) is 18.4. The molecule has 166 valence electrons. The summed E-state index contributed by atoms with van der Waals surface area (Å²) in [4.78, 5) is 12.4. The van der Waals surface area contributed by atoms with Gasteiger partial charge < -0.3 is 23.7 Å². The van der Waals surface area contributed by atoms with Crippen LogP contribution >= 0.6 is 0 Å². The Labute approximate surface area is 183 Å². The number of esters is 1. The zero-order valence-electron chi connectivity index (χ0n) is 18.2. The molecule has 0 atom stereocenters. The monoisotopic (exact) mass is 426 g/mol. The van der Waals surface area contributed by atoms with E-state index in [-0.39, 0.29) is 10.8 Å². The van der Waals surface area contributed by atoms with Crippen LogP contribution in [-0.4, -0.2) is 45.6 Å². The minimum Gasteiger partial charge on any atom is -0.493 e. The molecule has 2 fully saturated rings. The van der Waals surface area contributed by atoms with Crippen LogP contribution in [0.2, 0.25) is 0 Å². The van der Waals surface area contributed by atoms with Crippen molar-refractivity contribution >= 4 is 5.97 Å². The minimum atomic E-state index is -0.408. The number of hydrogen-bond donors (Lipinski definition) is 0. The third-order valence-corrected chi connectivity index (χ3v) is 6.35. The molecule has 0 aromatic heterocycles. The fourth-order valence-electron chi connectivity index (χ4n) is 3.49. The first-order valence-corrected chi connectivity index (χ1v) is 10.9. The zero-order chi connectivity index (χ0) is 21.7. The Balaban J connectivity index is 1.26. The first kappa shape index (κ1) is 21.7. The summed E-state index contributed by atoms with van der Waals surface area (Å²) >= 11 is 0. The van der Waals surface area contributed by atoms with Crippen molar-refractivity contribution in [3.63, 3.8) is 0 Å². The van der Waals surface area contributed by atoms with E-state index in [1.54, 1.807) is 36.4 Å². The van der Waals surface area contributed by atoms with Crippen LogP contribution < -0.4 is 14.2 Å². The fraction of sp³-hybridized carbons (Fsp3) is 0.480. The average molecular weight is 427 g/mol. The van der Waals surface area contributed by atoms with E-state index in [2.05, 4.69) is 13.8 Å². The lowest BCUT2D eigenvalue weighted by atomic mass is 9.84. The van der Waals surface area contributed by atoms with Crippen LogP contribution in [0.15, 0.2) is 48.5 Å². The lowest BCUT2D eigenvalue weighted by molar-refractivity contribution is -0.133. The van der Waals surface area contributed by atoms with E-state index in [0.717, 1.165) is 50.8 Å². The van der Waals surface area contributed by atoms with Crippen molar-refractivity contribution in [3.8, 4) is 17.2 Å². The van der Waals surface area contributed by atoms with E-state index in [9.17, 15) is 4.79 Å². The van der Waals surface area contributed by atoms with Gasteiger partial charge in [0.25, 0.3) is 0 Å². The van der Waals surface area contributed by atoms with Gasteiger partial charge in [0.1, 0.15) is 17.2 Å². The second kappa shape index (κ2) is 9.28. The molecule has 0 amide bonds. The third kappa shape index (κ3) is 5.02. The van der Waals surface area contributed by atoms with Gasteiger partial charge in [-0.2, -0.15) is 0 Å². The molecule has 6 nitrogen and oxygen atoms in total. The van der Waals surface area contributed by atoms with Crippen molar-refractivity contribution in [2.75, 3.05) is 39.6 Å². The molecule has 31 heavy (non-hydrogen) atoms. The lowest BCUT2D eigenvalue weighted by Gasteiger charge is -2.40. The van der Waals surface area contributed by atoms with Gasteiger partial charge in [0.05, 0.1) is 56.0 Å². The van der Waals surface area contributed by atoms with E-state index in [1.807, 2.05) is 12.1 Å². The van der Waals surface area contributed by atoms with Gasteiger partial charge in [0, 0.05) is 0 Å². The van der Waals surface area contributed by atoms with Gasteiger partial charge in [-0.15, -0.1) is 0 Å². The molecular formula is C25H30O6. The molecule has 2 aliphatic rings. The summed E-state index contributed by atoms with van der Waals surface area (Å²) in [5.74, 6) is 1.56. The number of ether oxygens (including phenoxy) is 5. The molecule has 0 bridgehead atoms. The maximum Gasteiger partial charge on any atom is 0.343 e. The highest BCUT2D eigenvalue weighted by molar-refractivity contribution is 5.91. The Hall–Kier alpha value is -2.57. The highest BCUT2D eigenvalue weighted by Crippen LogP contribution is 2.33. The van der Waals surface area contributed by atoms with E-state index < -0.39 is 5.97 Å². The van der Waals surface area contributed by atoms with Crippen LogP contribution in [0, 0.1) is 10.8 Å². The Morgan fingerprint density at radius 2 is 1.16 bits per heavy atom. The molecule has 0 unspecified atom stereocenters. The molecule has 0 radical (unpaired) electrons. The van der Waals surface area contributed by atoms with Crippen LogP contribution in [0.25, 0.3) is 0 Å². The summed E-state index contributed by atoms with van der Waals surface area (Å²) in [5, 5.41) is 0. The Morgan fingerprint density at radius 1 is 0.742 bits per heavy atom. The van der Waals surface area contributed by atoms with Gasteiger partial charge in [-0.25, -0.2) is 4.79 Å². The van der Waals surface area contributed by atoms with Crippen LogP contribution in [0.3, 0.4) is 0 Å². The predicted molar refractivity (Wildman–Crippen MR) is 116 cm³/mol. The second-order valence-corrected chi connectivity index (χ2v) is 8.66. The van der Waals surface area contributed by atoms with Crippen LogP contribution in [0.4, 0.5) is 0 Å². The van der Waals surface area contributed by atoms with Gasteiger partial charge in [-0.1, -0.05) is 13.8 Å². The quantitative estimate of drug-likeness (QED) is 0.411. The predicted octanol–water partition coefficient (Wildman–Crippen LogP) is 4.52. The first-order chi connectivity index (χ1) is 15.1. The molecular weight excluding hydrogens is 396 g/mol. The van der Waals surface area contributed by atoms with Crippen molar-refractivity contribution < 1.29 is 28.5 Å². The summed E-state index contributed by atoms with van der Waals surface area (Å²) in [6.45, 7) is 8.52. The smallest absolute Gasteiger partial charge is 0.343 e. The van der Waals surface area contributed by atoms with Crippen LogP contribution in [0.1, 0.15) is 37.0 Å². The molecule has 2 aromatic carbocycles.